The molecule has 1 N–H and O–H groups in total. The lowest BCUT2D eigenvalue weighted by Gasteiger charge is -2.23. The highest BCUT2D eigenvalue weighted by molar-refractivity contribution is 5.53. The lowest BCUT2D eigenvalue weighted by molar-refractivity contribution is 0.723. The van der Waals surface area contributed by atoms with E-state index in [-0.39, 0.29) is 0 Å². The van der Waals surface area contributed by atoms with Crippen LogP contribution in [0.1, 0.15) is 23.6 Å². The third-order valence-electron chi connectivity index (χ3n) is 3.51. The summed E-state index contributed by atoms with van der Waals surface area (Å²) in [6.07, 6.45) is 0. The SMILES string of the molecule is CCNCc1ccccc1N(C)Cc1ccc(C)cc1. The van der Waals surface area contributed by atoms with Gasteiger partial charge < -0.3 is 10.2 Å². The third-order valence-corrected chi connectivity index (χ3v) is 3.51. The van der Waals surface area contributed by atoms with Gasteiger partial charge >= 0.3 is 0 Å². The molecule has 0 radical (unpaired) electrons. The number of aryl methyl sites for hydroxylation is 1. The molecule has 0 amide bonds. The minimum absolute atomic E-state index is 0.922. The second-order valence-corrected chi connectivity index (χ2v) is 5.25. The van der Waals surface area contributed by atoms with E-state index >= 15 is 0 Å². The molecule has 2 heteroatoms. The monoisotopic (exact) mass is 268 g/mol. The van der Waals surface area contributed by atoms with Gasteiger partial charge in [0.15, 0.2) is 0 Å². The zero-order valence-corrected chi connectivity index (χ0v) is 12.7. The van der Waals surface area contributed by atoms with Crippen LogP contribution >= 0.6 is 0 Å². The summed E-state index contributed by atoms with van der Waals surface area (Å²) in [5.41, 5.74) is 5.30. The summed E-state index contributed by atoms with van der Waals surface area (Å²) in [6, 6.07) is 17.4. The number of hydrogen-bond donors (Lipinski definition) is 1. The van der Waals surface area contributed by atoms with Crippen molar-refractivity contribution in [2.24, 2.45) is 0 Å². The molecule has 0 atom stereocenters. The van der Waals surface area contributed by atoms with E-state index in [1.54, 1.807) is 0 Å². The molecule has 0 aliphatic heterocycles. The Hall–Kier alpha value is -1.80. The van der Waals surface area contributed by atoms with Crippen molar-refractivity contribution >= 4 is 5.69 Å². The highest BCUT2D eigenvalue weighted by atomic mass is 15.1. The van der Waals surface area contributed by atoms with Gasteiger partial charge in [-0.1, -0.05) is 55.0 Å². The van der Waals surface area contributed by atoms with Crippen molar-refractivity contribution in [2.75, 3.05) is 18.5 Å². The number of nitrogens with one attached hydrogen (secondary N) is 1. The van der Waals surface area contributed by atoms with Gasteiger partial charge in [0.1, 0.15) is 0 Å². The molecule has 2 aromatic carbocycles. The molecule has 0 unspecified atom stereocenters. The Kier molecular flexibility index (Phi) is 5.19. The molecule has 0 aliphatic carbocycles. The van der Waals surface area contributed by atoms with E-state index < -0.39 is 0 Å². The quantitative estimate of drug-likeness (QED) is 0.858. The van der Waals surface area contributed by atoms with Crippen LogP contribution in [0.2, 0.25) is 0 Å². The highest BCUT2D eigenvalue weighted by Crippen LogP contribution is 2.21. The van der Waals surface area contributed by atoms with Crippen LogP contribution in [0.25, 0.3) is 0 Å². The van der Waals surface area contributed by atoms with Crippen LogP contribution in [-0.4, -0.2) is 13.6 Å². The molecular weight excluding hydrogens is 244 g/mol. The van der Waals surface area contributed by atoms with Gasteiger partial charge in [0.05, 0.1) is 0 Å². The molecule has 0 bridgehead atoms. The summed E-state index contributed by atoms with van der Waals surface area (Å²) in [4.78, 5) is 2.32. The van der Waals surface area contributed by atoms with Crippen LogP contribution in [0.3, 0.4) is 0 Å². The molecule has 0 fully saturated rings. The number of anilines is 1. The first-order valence-corrected chi connectivity index (χ1v) is 7.26. The van der Waals surface area contributed by atoms with Gasteiger partial charge in [-0.25, -0.2) is 0 Å². The van der Waals surface area contributed by atoms with Crippen molar-refractivity contribution in [3.05, 3.63) is 65.2 Å². The fourth-order valence-electron chi connectivity index (χ4n) is 2.34. The van der Waals surface area contributed by atoms with E-state index in [1.165, 1.54) is 22.4 Å². The number of hydrogen-bond acceptors (Lipinski definition) is 2. The summed E-state index contributed by atoms with van der Waals surface area (Å²) < 4.78 is 0. The van der Waals surface area contributed by atoms with Crippen LogP contribution in [0, 0.1) is 6.92 Å². The van der Waals surface area contributed by atoms with E-state index in [2.05, 4.69) is 79.6 Å². The van der Waals surface area contributed by atoms with Crippen molar-refractivity contribution in [1.82, 2.24) is 5.32 Å². The van der Waals surface area contributed by atoms with Crippen molar-refractivity contribution in [2.45, 2.75) is 26.9 Å². The average molecular weight is 268 g/mol. The summed E-state index contributed by atoms with van der Waals surface area (Å²) in [5, 5.41) is 3.40. The van der Waals surface area contributed by atoms with Crippen molar-refractivity contribution < 1.29 is 0 Å². The van der Waals surface area contributed by atoms with Gasteiger partial charge in [-0.15, -0.1) is 0 Å². The molecule has 2 aromatic rings. The lowest BCUT2D eigenvalue weighted by atomic mass is 10.1. The van der Waals surface area contributed by atoms with Gasteiger partial charge in [0, 0.05) is 25.8 Å². The Morgan fingerprint density at radius 1 is 1.00 bits per heavy atom. The summed E-state index contributed by atoms with van der Waals surface area (Å²) >= 11 is 0. The first-order chi connectivity index (χ1) is 9.70. The molecule has 2 nitrogen and oxygen atoms in total. The largest absolute Gasteiger partial charge is 0.370 e. The van der Waals surface area contributed by atoms with Gasteiger partial charge in [0.2, 0.25) is 0 Å². The molecule has 0 aliphatic rings. The standard InChI is InChI=1S/C18H24N2/c1-4-19-13-17-7-5-6-8-18(17)20(3)14-16-11-9-15(2)10-12-16/h5-12,19H,4,13-14H2,1-3H3. The summed E-state index contributed by atoms with van der Waals surface area (Å²) in [7, 11) is 2.16. The van der Waals surface area contributed by atoms with Crippen molar-refractivity contribution in [1.29, 1.82) is 0 Å². The fraction of sp³-hybridized carbons (Fsp3) is 0.333. The van der Waals surface area contributed by atoms with E-state index in [1.807, 2.05) is 0 Å². The lowest BCUT2D eigenvalue weighted by Crippen LogP contribution is -2.20. The number of nitrogens with zero attached hydrogens (tertiary/aromatic N) is 1. The molecule has 0 aromatic heterocycles. The minimum atomic E-state index is 0.922. The van der Waals surface area contributed by atoms with E-state index in [9.17, 15) is 0 Å². The molecule has 0 spiro atoms. The van der Waals surface area contributed by atoms with E-state index in [0.29, 0.717) is 0 Å². The Labute approximate surface area is 122 Å². The molecule has 0 saturated carbocycles. The molecule has 2 rings (SSSR count). The Bertz CT molecular complexity index is 531. The number of benzene rings is 2. The fourth-order valence-corrected chi connectivity index (χ4v) is 2.34. The first-order valence-electron chi connectivity index (χ1n) is 7.26. The van der Waals surface area contributed by atoms with Gasteiger partial charge in [-0.3, -0.25) is 0 Å². The molecule has 20 heavy (non-hydrogen) atoms. The summed E-state index contributed by atoms with van der Waals surface area (Å²) in [5.74, 6) is 0. The average Bonchev–Trinajstić information content (AvgIpc) is 2.47. The van der Waals surface area contributed by atoms with Crippen LogP contribution in [0.15, 0.2) is 48.5 Å². The Balaban J connectivity index is 2.12. The normalized spacial score (nSPS) is 10.6. The highest BCUT2D eigenvalue weighted by Gasteiger charge is 2.07. The minimum Gasteiger partial charge on any atom is -0.370 e. The van der Waals surface area contributed by atoms with Gasteiger partial charge in [-0.2, -0.15) is 0 Å². The maximum Gasteiger partial charge on any atom is 0.0426 e. The summed E-state index contributed by atoms with van der Waals surface area (Å²) in [6.45, 7) is 7.11. The van der Waals surface area contributed by atoms with Crippen molar-refractivity contribution in [3.63, 3.8) is 0 Å². The maximum absolute atomic E-state index is 3.40. The Morgan fingerprint density at radius 2 is 1.70 bits per heavy atom. The van der Waals surface area contributed by atoms with Crippen LogP contribution < -0.4 is 10.2 Å². The third kappa shape index (κ3) is 3.84. The predicted molar refractivity (Wildman–Crippen MR) is 87.1 cm³/mol. The topological polar surface area (TPSA) is 15.3 Å². The van der Waals surface area contributed by atoms with Crippen LogP contribution in [0.5, 0.6) is 0 Å². The van der Waals surface area contributed by atoms with Crippen LogP contribution in [0.4, 0.5) is 5.69 Å². The van der Waals surface area contributed by atoms with E-state index in [4.69, 9.17) is 0 Å². The number of para-hydroxylation sites is 1. The second kappa shape index (κ2) is 7.11. The smallest absolute Gasteiger partial charge is 0.0426 e. The second-order valence-electron chi connectivity index (χ2n) is 5.25. The van der Waals surface area contributed by atoms with Gasteiger partial charge in [-0.05, 0) is 30.7 Å². The first kappa shape index (κ1) is 14.6. The van der Waals surface area contributed by atoms with E-state index in [0.717, 1.165) is 19.6 Å². The zero-order chi connectivity index (χ0) is 14.4. The molecule has 0 heterocycles. The van der Waals surface area contributed by atoms with Gasteiger partial charge in [0.25, 0.3) is 0 Å². The molecular formula is C18H24N2. The zero-order valence-electron chi connectivity index (χ0n) is 12.7. The molecule has 106 valence electrons. The van der Waals surface area contributed by atoms with Crippen molar-refractivity contribution in [3.8, 4) is 0 Å². The number of rotatable bonds is 6. The molecule has 0 saturated heterocycles. The van der Waals surface area contributed by atoms with Crippen LogP contribution in [-0.2, 0) is 13.1 Å². The predicted octanol–water partition coefficient (Wildman–Crippen LogP) is 3.74. The Morgan fingerprint density at radius 3 is 2.40 bits per heavy atom. The maximum atomic E-state index is 3.40.